The van der Waals surface area contributed by atoms with Gasteiger partial charge in [0.15, 0.2) is 0 Å². The summed E-state index contributed by atoms with van der Waals surface area (Å²) in [6, 6.07) is 12.2. The Labute approximate surface area is 177 Å². The smallest absolute Gasteiger partial charge is 0.115 e. The van der Waals surface area contributed by atoms with Crippen LogP contribution in [0.5, 0.6) is 0 Å². The number of halogens is 2. The van der Waals surface area contributed by atoms with Gasteiger partial charge < -0.3 is 0 Å². The Morgan fingerprint density at radius 1 is 1.11 bits per heavy atom. The van der Waals surface area contributed by atoms with E-state index in [4.69, 9.17) is 28.2 Å². The molecule has 2 nitrogen and oxygen atoms in total. The number of aromatic nitrogens is 1. The van der Waals surface area contributed by atoms with Crippen molar-refractivity contribution in [1.82, 2.24) is 4.98 Å². The van der Waals surface area contributed by atoms with Crippen LogP contribution in [0.15, 0.2) is 40.7 Å². The van der Waals surface area contributed by atoms with E-state index in [0.29, 0.717) is 15.8 Å². The van der Waals surface area contributed by atoms with Crippen molar-refractivity contribution in [2.75, 3.05) is 0 Å². The Hall–Kier alpha value is -1.51. The van der Waals surface area contributed by atoms with Gasteiger partial charge in [-0.15, -0.1) is 23.1 Å². The molecule has 0 unspecified atom stereocenters. The van der Waals surface area contributed by atoms with Gasteiger partial charge in [0.05, 0.1) is 26.2 Å². The van der Waals surface area contributed by atoms with Gasteiger partial charge in [0, 0.05) is 5.75 Å². The van der Waals surface area contributed by atoms with E-state index in [-0.39, 0.29) is 0 Å². The van der Waals surface area contributed by atoms with Gasteiger partial charge in [0.25, 0.3) is 0 Å². The second-order valence-corrected chi connectivity index (χ2v) is 9.16. The number of nitriles is 1. The molecule has 0 spiro atoms. The van der Waals surface area contributed by atoms with Gasteiger partial charge in [-0.1, -0.05) is 35.3 Å². The molecular weight excluding hydrogens is 415 g/mol. The molecule has 2 heterocycles. The van der Waals surface area contributed by atoms with Gasteiger partial charge in [0.1, 0.15) is 11.1 Å². The predicted octanol–water partition coefficient (Wildman–Crippen LogP) is 7.16. The van der Waals surface area contributed by atoms with E-state index in [1.807, 2.05) is 18.2 Å². The van der Waals surface area contributed by atoms with Crippen LogP contribution in [-0.4, -0.2) is 4.98 Å². The van der Waals surface area contributed by atoms with Crippen LogP contribution in [0, 0.1) is 11.3 Å². The molecule has 0 bridgehead atoms. The molecular formula is C21H16Cl2N2S2. The molecule has 0 atom stereocenters. The van der Waals surface area contributed by atoms with Crippen LogP contribution in [0.4, 0.5) is 0 Å². The first-order valence-electron chi connectivity index (χ1n) is 8.74. The van der Waals surface area contributed by atoms with Gasteiger partial charge in [-0.3, -0.25) is 0 Å². The Morgan fingerprint density at radius 2 is 1.93 bits per heavy atom. The van der Waals surface area contributed by atoms with Gasteiger partial charge in [-0.05, 0) is 66.0 Å². The molecule has 0 saturated heterocycles. The number of rotatable bonds is 4. The summed E-state index contributed by atoms with van der Waals surface area (Å²) in [5.74, 6) is 0.696. The molecule has 0 N–H and O–H groups in total. The van der Waals surface area contributed by atoms with Crippen LogP contribution < -0.4 is 0 Å². The highest BCUT2D eigenvalue weighted by atomic mass is 35.5. The Bertz CT molecular complexity index is 1020. The first-order chi connectivity index (χ1) is 13.2. The lowest BCUT2D eigenvalue weighted by Crippen LogP contribution is -2.10. The van der Waals surface area contributed by atoms with Crippen LogP contribution in [0.25, 0.3) is 10.6 Å². The molecule has 4 rings (SSSR count). The number of hydrogen-bond donors (Lipinski definition) is 0. The zero-order chi connectivity index (χ0) is 18.8. The highest BCUT2D eigenvalue weighted by Gasteiger charge is 2.23. The van der Waals surface area contributed by atoms with Crippen LogP contribution in [0.1, 0.15) is 35.1 Å². The summed E-state index contributed by atoms with van der Waals surface area (Å²) >= 11 is 15.4. The topological polar surface area (TPSA) is 36.7 Å². The largest absolute Gasteiger partial charge is 0.239 e. The highest BCUT2D eigenvalue weighted by Crippen LogP contribution is 2.39. The fourth-order valence-corrected chi connectivity index (χ4v) is 5.43. The predicted molar refractivity (Wildman–Crippen MR) is 115 cm³/mol. The summed E-state index contributed by atoms with van der Waals surface area (Å²) in [6.45, 7) is 0. The zero-order valence-corrected chi connectivity index (χ0v) is 17.6. The van der Waals surface area contributed by atoms with E-state index in [9.17, 15) is 5.26 Å². The lowest BCUT2D eigenvalue weighted by molar-refractivity contribution is 0.678. The second-order valence-electron chi connectivity index (χ2n) is 6.43. The van der Waals surface area contributed by atoms with Gasteiger partial charge in [-0.2, -0.15) is 5.26 Å². The Kier molecular flexibility index (Phi) is 5.75. The second kappa shape index (κ2) is 8.24. The van der Waals surface area contributed by atoms with Gasteiger partial charge in [-0.25, -0.2) is 4.98 Å². The maximum Gasteiger partial charge on any atom is 0.115 e. The van der Waals surface area contributed by atoms with E-state index in [1.165, 1.54) is 16.0 Å². The molecule has 0 radical (unpaired) electrons. The van der Waals surface area contributed by atoms with Crippen molar-refractivity contribution in [2.45, 2.75) is 36.5 Å². The van der Waals surface area contributed by atoms with Crippen molar-refractivity contribution in [3.63, 3.8) is 0 Å². The molecule has 2 aromatic heterocycles. The molecule has 1 aromatic carbocycles. The minimum Gasteiger partial charge on any atom is -0.239 e. The van der Waals surface area contributed by atoms with Crippen LogP contribution in [-0.2, 0) is 18.6 Å². The lowest BCUT2D eigenvalue weighted by Gasteiger charge is -2.21. The van der Waals surface area contributed by atoms with E-state index >= 15 is 0 Å². The molecule has 3 aromatic rings. The number of nitrogens with zero attached hydrogens (tertiary/aromatic N) is 2. The monoisotopic (exact) mass is 430 g/mol. The van der Waals surface area contributed by atoms with Crippen molar-refractivity contribution >= 4 is 46.3 Å². The molecule has 0 aliphatic heterocycles. The molecule has 6 heteroatoms. The quantitative estimate of drug-likeness (QED) is 0.411. The summed E-state index contributed by atoms with van der Waals surface area (Å²) in [4.78, 5) is 6.12. The molecule has 1 aliphatic carbocycles. The summed E-state index contributed by atoms with van der Waals surface area (Å²) in [5, 5.41) is 13.8. The molecule has 27 heavy (non-hydrogen) atoms. The summed E-state index contributed by atoms with van der Waals surface area (Å²) in [6.07, 6.45) is 4.25. The average molecular weight is 431 g/mol. The lowest BCUT2D eigenvalue weighted by atomic mass is 9.88. The summed E-state index contributed by atoms with van der Waals surface area (Å²) < 4.78 is 0. The average Bonchev–Trinajstić information content (AvgIpc) is 3.22. The van der Waals surface area contributed by atoms with Crippen molar-refractivity contribution in [3.8, 4) is 16.6 Å². The normalized spacial score (nSPS) is 13.2. The number of thiophene rings is 1. The minimum atomic E-state index is 0.549. The third-order valence-corrected chi connectivity index (χ3v) is 7.37. The number of pyridine rings is 1. The van der Waals surface area contributed by atoms with E-state index in [1.54, 1.807) is 23.1 Å². The number of hydrogen-bond acceptors (Lipinski definition) is 4. The SMILES string of the molecule is N#Cc1c(SCc2ccc(Cl)c(Cl)c2)nc(-c2cccs2)c2c1CCCC2. The molecule has 136 valence electrons. The summed E-state index contributed by atoms with van der Waals surface area (Å²) in [5.41, 5.74) is 5.32. The standard InChI is InChI=1S/C21H16Cl2N2S2/c22-17-8-7-13(10-18(17)23)12-27-21-16(11-24)14-4-1-2-5-15(14)20(25-21)19-6-3-9-26-19/h3,6-10H,1-2,4-5,12H2. The fraction of sp³-hybridized carbons (Fsp3) is 0.238. The van der Waals surface area contributed by atoms with Crippen molar-refractivity contribution in [3.05, 3.63) is 68.0 Å². The third-order valence-electron chi connectivity index (χ3n) is 4.71. The zero-order valence-electron chi connectivity index (χ0n) is 14.5. The Morgan fingerprint density at radius 3 is 2.63 bits per heavy atom. The van der Waals surface area contributed by atoms with Crippen LogP contribution >= 0.6 is 46.3 Å². The maximum absolute atomic E-state index is 9.83. The number of thioether (sulfide) groups is 1. The highest BCUT2D eigenvalue weighted by molar-refractivity contribution is 7.98. The van der Waals surface area contributed by atoms with Crippen LogP contribution in [0.2, 0.25) is 10.0 Å². The van der Waals surface area contributed by atoms with E-state index in [0.717, 1.165) is 47.5 Å². The molecule has 0 amide bonds. The van der Waals surface area contributed by atoms with Crippen LogP contribution in [0.3, 0.4) is 0 Å². The fourth-order valence-electron chi connectivity index (χ4n) is 3.41. The minimum absolute atomic E-state index is 0.549. The number of fused-ring (bicyclic) bond motifs is 1. The third kappa shape index (κ3) is 3.88. The van der Waals surface area contributed by atoms with E-state index in [2.05, 4.69) is 23.6 Å². The number of benzene rings is 1. The first kappa shape index (κ1) is 18.8. The Balaban J connectivity index is 1.74. The first-order valence-corrected chi connectivity index (χ1v) is 11.4. The van der Waals surface area contributed by atoms with E-state index < -0.39 is 0 Å². The maximum atomic E-state index is 9.83. The van der Waals surface area contributed by atoms with Crippen molar-refractivity contribution in [2.24, 2.45) is 0 Å². The van der Waals surface area contributed by atoms with Gasteiger partial charge in [0.2, 0.25) is 0 Å². The van der Waals surface area contributed by atoms with Crippen molar-refractivity contribution < 1.29 is 0 Å². The molecule has 1 aliphatic rings. The van der Waals surface area contributed by atoms with Gasteiger partial charge >= 0.3 is 0 Å². The summed E-state index contributed by atoms with van der Waals surface area (Å²) in [7, 11) is 0. The molecule has 0 saturated carbocycles. The molecule has 0 fully saturated rings. The van der Waals surface area contributed by atoms with Crippen molar-refractivity contribution in [1.29, 1.82) is 5.26 Å².